The molecule has 1 atom stereocenters. The van der Waals surface area contributed by atoms with E-state index in [9.17, 15) is 9.59 Å². The Morgan fingerprint density at radius 2 is 1.82 bits per heavy atom. The Balaban J connectivity index is 1.37. The molecule has 2 fully saturated rings. The molecule has 3 heterocycles. The number of morpholine rings is 2. The first-order valence-electron chi connectivity index (χ1n) is 11.8. The van der Waals surface area contributed by atoms with Crippen molar-refractivity contribution in [3.05, 3.63) is 56.5 Å². The van der Waals surface area contributed by atoms with Gasteiger partial charge in [-0.3, -0.25) is 19.5 Å². The summed E-state index contributed by atoms with van der Waals surface area (Å²) in [5.41, 5.74) is 1.99. The Labute approximate surface area is 204 Å². The molecule has 2 saturated heterocycles. The molecule has 2 N–H and O–H groups in total. The second-order valence-electron chi connectivity index (χ2n) is 8.54. The Morgan fingerprint density at radius 3 is 2.50 bits per heavy atom. The number of benzene rings is 1. The van der Waals surface area contributed by atoms with E-state index in [0.29, 0.717) is 74.7 Å². The molecule has 1 aromatic heterocycles. The van der Waals surface area contributed by atoms with E-state index in [-0.39, 0.29) is 23.9 Å². The van der Waals surface area contributed by atoms with Crippen molar-refractivity contribution in [1.82, 2.24) is 20.2 Å². The van der Waals surface area contributed by atoms with Crippen molar-refractivity contribution in [3.63, 3.8) is 0 Å². The number of nitrogens with one attached hydrogen (secondary N) is 2. The zero-order valence-corrected chi connectivity index (χ0v) is 20.3. The fourth-order valence-electron chi connectivity index (χ4n) is 4.42. The van der Waals surface area contributed by atoms with Gasteiger partial charge in [-0.1, -0.05) is 29.8 Å². The van der Waals surface area contributed by atoms with E-state index < -0.39 is 0 Å². The van der Waals surface area contributed by atoms with Gasteiger partial charge in [0.1, 0.15) is 0 Å². The maximum absolute atomic E-state index is 12.7. The molecule has 0 bridgehead atoms. The normalized spacial score (nSPS) is 18.0. The van der Waals surface area contributed by atoms with Crippen molar-refractivity contribution in [3.8, 4) is 0 Å². The molecule has 1 unspecified atom stereocenters. The van der Waals surface area contributed by atoms with Crippen LogP contribution in [0.1, 0.15) is 29.3 Å². The first-order valence-corrected chi connectivity index (χ1v) is 12.2. The van der Waals surface area contributed by atoms with Crippen LogP contribution in [0.3, 0.4) is 0 Å². The Morgan fingerprint density at radius 1 is 1.15 bits per heavy atom. The van der Waals surface area contributed by atoms with Gasteiger partial charge in [0, 0.05) is 55.4 Å². The molecule has 184 valence electrons. The van der Waals surface area contributed by atoms with Crippen LogP contribution >= 0.6 is 11.6 Å². The molecule has 1 aromatic carbocycles. The van der Waals surface area contributed by atoms with E-state index in [1.807, 2.05) is 36.1 Å². The van der Waals surface area contributed by atoms with Crippen LogP contribution < -0.4 is 15.8 Å². The number of anilines is 1. The molecule has 34 heavy (non-hydrogen) atoms. The molecule has 0 radical (unpaired) electrons. The highest BCUT2D eigenvalue weighted by atomic mass is 35.5. The number of H-pyrrole nitrogens is 1. The van der Waals surface area contributed by atoms with E-state index in [0.717, 1.165) is 18.7 Å². The van der Waals surface area contributed by atoms with Crippen LogP contribution in [0.2, 0.25) is 5.02 Å². The summed E-state index contributed by atoms with van der Waals surface area (Å²) in [7, 11) is 0. The fourth-order valence-corrected chi connectivity index (χ4v) is 4.68. The third-order valence-electron chi connectivity index (χ3n) is 6.37. The van der Waals surface area contributed by atoms with Gasteiger partial charge < -0.3 is 19.7 Å². The molecule has 4 rings (SSSR count). The Bertz CT molecular complexity index is 1030. The topological polar surface area (TPSA) is 99.8 Å². The zero-order chi connectivity index (χ0) is 23.9. The number of halogens is 1. The van der Waals surface area contributed by atoms with Crippen molar-refractivity contribution in [1.29, 1.82) is 0 Å². The van der Waals surface area contributed by atoms with E-state index >= 15 is 0 Å². The lowest BCUT2D eigenvalue weighted by molar-refractivity contribution is -0.121. The van der Waals surface area contributed by atoms with Crippen molar-refractivity contribution in [2.24, 2.45) is 0 Å². The summed E-state index contributed by atoms with van der Waals surface area (Å²) in [5, 5.41) is 3.73. The average Bonchev–Trinajstić information content (AvgIpc) is 2.86. The maximum atomic E-state index is 12.7. The van der Waals surface area contributed by atoms with Crippen molar-refractivity contribution >= 4 is 23.5 Å². The lowest BCUT2D eigenvalue weighted by atomic mass is 10.0. The van der Waals surface area contributed by atoms with Crippen LogP contribution in [0.25, 0.3) is 0 Å². The fraction of sp³-hybridized carbons (Fsp3) is 0.542. The molecular formula is C24H32ClN5O4. The number of hydrogen-bond donors (Lipinski definition) is 2. The zero-order valence-electron chi connectivity index (χ0n) is 19.5. The van der Waals surface area contributed by atoms with Gasteiger partial charge in [0.05, 0.1) is 32.5 Å². The van der Waals surface area contributed by atoms with Crippen LogP contribution in [0.5, 0.6) is 0 Å². The predicted octanol–water partition coefficient (Wildman–Crippen LogP) is 1.69. The summed E-state index contributed by atoms with van der Waals surface area (Å²) in [6.07, 6.45) is 0.540. The highest BCUT2D eigenvalue weighted by Gasteiger charge is 2.25. The number of nitrogens with zero attached hydrogens (tertiary/aromatic N) is 3. The first kappa shape index (κ1) is 24.7. The molecule has 0 saturated carbocycles. The number of aryl methyl sites for hydroxylation is 1. The van der Waals surface area contributed by atoms with Crippen molar-refractivity contribution < 1.29 is 14.3 Å². The summed E-state index contributed by atoms with van der Waals surface area (Å²) in [4.78, 5) is 37.1. The third-order valence-corrected chi connectivity index (χ3v) is 6.71. The molecule has 2 aliphatic rings. The minimum absolute atomic E-state index is 0.0406. The van der Waals surface area contributed by atoms with Crippen LogP contribution in [-0.4, -0.2) is 79.9 Å². The third kappa shape index (κ3) is 6.15. The van der Waals surface area contributed by atoms with Gasteiger partial charge in [-0.15, -0.1) is 0 Å². The number of amides is 1. The number of aromatic amines is 1. The highest BCUT2D eigenvalue weighted by molar-refractivity contribution is 6.31. The monoisotopic (exact) mass is 489 g/mol. The molecule has 10 heteroatoms. The minimum atomic E-state index is -0.191. The Hall–Kier alpha value is -2.46. The van der Waals surface area contributed by atoms with Gasteiger partial charge in [0.15, 0.2) is 0 Å². The summed E-state index contributed by atoms with van der Waals surface area (Å²) in [5.74, 6) is 0.452. The molecule has 1 amide bonds. The smallest absolute Gasteiger partial charge is 0.255 e. The summed E-state index contributed by atoms with van der Waals surface area (Å²) >= 11 is 6.47. The maximum Gasteiger partial charge on any atom is 0.255 e. The quantitative estimate of drug-likeness (QED) is 0.582. The van der Waals surface area contributed by atoms with Crippen LogP contribution in [-0.2, 0) is 20.7 Å². The number of carbonyl (C=O) groups excluding carboxylic acids is 1. The van der Waals surface area contributed by atoms with E-state index in [1.165, 1.54) is 0 Å². The summed E-state index contributed by atoms with van der Waals surface area (Å²) in [6, 6.07) is 7.69. The number of rotatable bonds is 8. The standard InChI is InChI=1S/C24H32ClN5O4/c1-17-18(23(32)28-24(27-17)30-10-14-34-15-11-30)6-7-22(31)26-16-21(29-8-12-33-13-9-29)19-4-2-3-5-20(19)25/h2-5,21H,6-16H2,1H3,(H,26,31)(H,27,28,32). The number of carbonyl (C=O) groups is 1. The number of aromatic nitrogens is 2. The molecule has 2 aliphatic heterocycles. The lowest BCUT2D eigenvalue weighted by Gasteiger charge is -2.35. The van der Waals surface area contributed by atoms with Gasteiger partial charge >= 0.3 is 0 Å². The lowest BCUT2D eigenvalue weighted by Crippen LogP contribution is -2.44. The van der Waals surface area contributed by atoms with Gasteiger partial charge in [-0.05, 0) is 25.0 Å². The number of ether oxygens (including phenoxy) is 2. The van der Waals surface area contributed by atoms with Gasteiger partial charge in [0.2, 0.25) is 11.9 Å². The highest BCUT2D eigenvalue weighted by Crippen LogP contribution is 2.27. The van der Waals surface area contributed by atoms with E-state index in [1.54, 1.807) is 0 Å². The second-order valence-corrected chi connectivity index (χ2v) is 8.95. The van der Waals surface area contributed by atoms with Crippen LogP contribution in [0.15, 0.2) is 29.1 Å². The van der Waals surface area contributed by atoms with Gasteiger partial charge in [0.25, 0.3) is 5.56 Å². The van der Waals surface area contributed by atoms with Crippen molar-refractivity contribution in [2.45, 2.75) is 25.8 Å². The van der Waals surface area contributed by atoms with Gasteiger partial charge in [-0.2, -0.15) is 0 Å². The molecular weight excluding hydrogens is 458 g/mol. The average molecular weight is 490 g/mol. The van der Waals surface area contributed by atoms with Crippen LogP contribution in [0, 0.1) is 6.92 Å². The predicted molar refractivity (Wildman–Crippen MR) is 131 cm³/mol. The minimum Gasteiger partial charge on any atom is -0.379 e. The van der Waals surface area contributed by atoms with Crippen molar-refractivity contribution in [2.75, 3.05) is 64.1 Å². The number of hydrogen-bond acceptors (Lipinski definition) is 7. The first-order chi connectivity index (χ1) is 16.5. The van der Waals surface area contributed by atoms with E-state index in [4.69, 9.17) is 21.1 Å². The molecule has 0 spiro atoms. The second kappa shape index (κ2) is 11.8. The SMILES string of the molecule is Cc1nc(N2CCOCC2)[nH]c(=O)c1CCC(=O)NCC(c1ccccc1Cl)N1CCOCC1. The summed E-state index contributed by atoms with van der Waals surface area (Å²) < 4.78 is 10.8. The molecule has 0 aliphatic carbocycles. The molecule has 2 aromatic rings. The van der Waals surface area contributed by atoms with Crippen LogP contribution in [0.4, 0.5) is 5.95 Å². The largest absolute Gasteiger partial charge is 0.379 e. The van der Waals surface area contributed by atoms with E-state index in [2.05, 4.69) is 20.2 Å². The summed E-state index contributed by atoms with van der Waals surface area (Å²) in [6.45, 7) is 7.75. The van der Waals surface area contributed by atoms with Gasteiger partial charge in [-0.25, -0.2) is 4.98 Å². The molecule has 9 nitrogen and oxygen atoms in total. The Kier molecular flexibility index (Phi) is 8.55.